The first kappa shape index (κ1) is 12.6. The Labute approximate surface area is 112 Å². The second-order valence-corrected chi connectivity index (χ2v) is 4.25. The first-order chi connectivity index (χ1) is 8.83. The van der Waals surface area contributed by atoms with Crippen molar-refractivity contribution in [2.75, 3.05) is 0 Å². The number of pyridine rings is 1. The molecular weight excluding hydrogens is 244 g/mol. The van der Waals surface area contributed by atoms with Gasteiger partial charge in [0.2, 0.25) is 0 Å². The quantitative estimate of drug-likeness (QED) is 0.383. The van der Waals surface area contributed by atoms with Gasteiger partial charge in [-0.15, -0.1) is 0 Å². The minimum absolute atomic E-state index is 0.583. The zero-order valence-electron chi connectivity index (χ0n) is 9.82. The van der Waals surface area contributed by atoms with E-state index in [1.807, 2.05) is 36.4 Å². The molecule has 1 aromatic heterocycles. The molecule has 18 heavy (non-hydrogen) atoms. The lowest BCUT2D eigenvalue weighted by Crippen LogP contribution is -2.05. The molecule has 2 aromatic rings. The lowest BCUT2D eigenvalue weighted by Gasteiger charge is -2.05. The smallest absolute Gasteiger partial charge is 0.0911 e. The summed E-state index contributed by atoms with van der Waals surface area (Å²) < 4.78 is 0. The number of benzene rings is 1. The molecule has 0 atom stereocenters. The maximum Gasteiger partial charge on any atom is 0.0911 e. The Morgan fingerprint density at radius 3 is 2.28 bits per heavy atom. The van der Waals surface area contributed by atoms with Crippen LogP contribution in [0.5, 0.6) is 0 Å². The summed E-state index contributed by atoms with van der Waals surface area (Å²) >= 11 is 4.21. The monoisotopic (exact) mass is 258 g/mol. The van der Waals surface area contributed by atoms with E-state index in [0.29, 0.717) is 17.9 Å². The molecule has 0 fully saturated rings. The van der Waals surface area contributed by atoms with Gasteiger partial charge in [-0.3, -0.25) is 4.98 Å². The zero-order chi connectivity index (χ0) is 12.8. The van der Waals surface area contributed by atoms with Crippen LogP contribution < -0.4 is 0 Å². The first-order valence-corrected chi connectivity index (χ1v) is 6.26. The summed E-state index contributed by atoms with van der Waals surface area (Å²) in [5, 5.41) is 12.5. The van der Waals surface area contributed by atoms with Gasteiger partial charge < -0.3 is 5.21 Å². The number of hydrogen-bond donors (Lipinski definition) is 2. The number of aromatic nitrogens is 1. The highest BCUT2D eigenvalue weighted by Gasteiger charge is 2.05. The molecular formula is C14H14N2OS. The fourth-order valence-corrected chi connectivity index (χ4v) is 1.90. The molecule has 2 rings (SSSR count). The average Bonchev–Trinajstić information content (AvgIpc) is 2.46. The molecule has 0 saturated heterocycles. The van der Waals surface area contributed by atoms with Crippen LogP contribution in [0, 0.1) is 0 Å². The van der Waals surface area contributed by atoms with Gasteiger partial charge in [-0.1, -0.05) is 29.4 Å². The molecule has 3 nitrogen and oxygen atoms in total. The van der Waals surface area contributed by atoms with Crippen molar-refractivity contribution >= 4 is 18.3 Å². The molecule has 0 aliphatic rings. The van der Waals surface area contributed by atoms with E-state index in [0.717, 1.165) is 16.7 Å². The standard InChI is InChI=1S/C14H14N2OS/c17-16-14(9-11-5-7-15-8-6-11)13-3-1-12(10-18)2-4-13/h1-8,17-18H,9-10H2. The highest BCUT2D eigenvalue weighted by molar-refractivity contribution is 7.79. The van der Waals surface area contributed by atoms with Gasteiger partial charge in [-0.25, -0.2) is 0 Å². The van der Waals surface area contributed by atoms with Gasteiger partial charge in [-0.05, 0) is 28.8 Å². The summed E-state index contributed by atoms with van der Waals surface area (Å²) in [5.74, 6) is 0.705. The molecule has 0 aliphatic heterocycles. The molecule has 92 valence electrons. The molecule has 0 unspecified atom stereocenters. The Balaban J connectivity index is 2.18. The van der Waals surface area contributed by atoms with Gasteiger partial charge in [0.15, 0.2) is 0 Å². The van der Waals surface area contributed by atoms with Crippen LogP contribution in [-0.2, 0) is 12.2 Å². The number of thiol groups is 1. The molecule has 0 radical (unpaired) electrons. The number of hydrogen-bond acceptors (Lipinski definition) is 4. The van der Waals surface area contributed by atoms with Gasteiger partial charge >= 0.3 is 0 Å². The second-order valence-electron chi connectivity index (χ2n) is 3.93. The lowest BCUT2D eigenvalue weighted by molar-refractivity contribution is 0.318. The van der Waals surface area contributed by atoms with E-state index < -0.39 is 0 Å². The number of nitrogens with zero attached hydrogens (tertiary/aromatic N) is 2. The van der Waals surface area contributed by atoms with Gasteiger partial charge in [0.25, 0.3) is 0 Å². The minimum Gasteiger partial charge on any atom is -0.411 e. The summed E-state index contributed by atoms with van der Waals surface area (Å²) in [6.07, 6.45) is 4.04. The van der Waals surface area contributed by atoms with Crippen molar-refractivity contribution in [2.24, 2.45) is 5.16 Å². The molecule has 1 heterocycles. The van der Waals surface area contributed by atoms with Gasteiger partial charge in [-0.2, -0.15) is 12.6 Å². The highest BCUT2D eigenvalue weighted by Crippen LogP contribution is 2.11. The Hall–Kier alpha value is -1.81. The van der Waals surface area contributed by atoms with E-state index in [-0.39, 0.29) is 0 Å². The normalized spacial score (nSPS) is 11.5. The Kier molecular flexibility index (Phi) is 4.36. The highest BCUT2D eigenvalue weighted by atomic mass is 32.1. The summed E-state index contributed by atoms with van der Waals surface area (Å²) in [6, 6.07) is 11.7. The second kappa shape index (κ2) is 6.21. The van der Waals surface area contributed by atoms with Crippen LogP contribution in [0.1, 0.15) is 16.7 Å². The third-order valence-electron chi connectivity index (χ3n) is 2.71. The molecule has 0 saturated carbocycles. The van der Waals surface area contributed by atoms with Crippen LogP contribution in [0.4, 0.5) is 0 Å². The minimum atomic E-state index is 0.583. The Bertz CT molecular complexity index is 523. The summed E-state index contributed by atoms with van der Waals surface area (Å²) in [5.41, 5.74) is 3.77. The van der Waals surface area contributed by atoms with Crippen LogP contribution in [-0.4, -0.2) is 15.9 Å². The van der Waals surface area contributed by atoms with E-state index in [2.05, 4.69) is 22.8 Å². The van der Waals surface area contributed by atoms with Crippen molar-refractivity contribution in [3.8, 4) is 0 Å². The summed E-state index contributed by atoms with van der Waals surface area (Å²) in [4.78, 5) is 3.96. The van der Waals surface area contributed by atoms with Crippen molar-refractivity contribution in [1.29, 1.82) is 0 Å². The van der Waals surface area contributed by atoms with E-state index in [1.54, 1.807) is 12.4 Å². The van der Waals surface area contributed by atoms with Gasteiger partial charge in [0, 0.05) is 24.6 Å². The topological polar surface area (TPSA) is 45.5 Å². The fraction of sp³-hybridized carbons (Fsp3) is 0.143. The molecule has 0 aliphatic carbocycles. The van der Waals surface area contributed by atoms with E-state index in [4.69, 9.17) is 5.21 Å². The molecule has 0 spiro atoms. The van der Waals surface area contributed by atoms with Crippen molar-refractivity contribution in [3.05, 3.63) is 65.5 Å². The molecule has 1 N–H and O–H groups in total. The van der Waals surface area contributed by atoms with Crippen LogP contribution in [0.25, 0.3) is 0 Å². The van der Waals surface area contributed by atoms with Gasteiger partial charge in [0.05, 0.1) is 5.71 Å². The van der Waals surface area contributed by atoms with Crippen molar-refractivity contribution < 1.29 is 5.21 Å². The van der Waals surface area contributed by atoms with Crippen LogP contribution >= 0.6 is 12.6 Å². The SMILES string of the molecule is ON=C(Cc1ccncc1)c1ccc(CS)cc1. The van der Waals surface area contributed by atoms with Crippen LogP contribution in [0.3, 0.4) is 0 Å². The number of rotatable bonds is 4. The maximum absolute atomic E-state index is 9.12. The summed E-state index contributed by atoms with van der Waals surface area (Å²) in [7, 11) is 0. The number of oxime groups is 1. The summed E-state index contributed by atoms with van der Waals surface area (Å²) in [6.45, 7) is 0. The van der Waals surface area contributed by atoms with E-state index >= 15 is 0 Å². The average molecular weight is 258 g/mol. The Morgan fingerprint density at radius 1 is 1.06 bits per heavy atom. The van der Waals surface area contributed by atoms with E-state index in [9.17, 15) is 0 Å². The lowest BCUT2D eigenvalue weighted by atomic mass is 10.0. The predicted molar refractivity (Wildman–Crippen MR) is 75.4 cm³/mol. The largest absolute Gasteiger partial charge is 0.411 e. The molecule has 0 amide bonds. The van der Waals surface area contributed by atoms with E-state index in [1.165, 1.54) is 0 Å². The Morgan fingerprint density at radius 2 is 1.72 bits per heavy atom. The van der Waals surface area contributed by atoms with Crippen LogP contribution in [0.15, 0.2) is 53.9 Å². The predicted octanol–water partition coefficient (Wildman–Crippen LogP) is 2.93. The van der Waals surface area contributed by atoms with Crippen molar-refractivity contribution in [1.82, 2.24) is 4.98 Å². The molecule has 1 aromatic carbocycles. The van der Waals surface area contributed by atoms with Crippen molar-refractivity contribution in [3.63, 3.8) is 0 Å². The third kappa shape index (κ3) is 3.11. The zero-order valence-corrected chi connectivity index (χ0v) is 10.7. The fourth-order valence-electron chi connectivity index (χ4n) is 1.69. The molecule has 0 bridgehead atoms. The molecule has 4 heteroatoms. The maximum atomic E-state index is 9.12. The third-order valence-corrected chi connectivity index (χ3v) is 3.08. The van der Waals surface area contributed by atoms with Crippen molar-refractivity contribution in [2.45, 2.75) is 12.2 Å². The van der Waals surface area contributed by atoms with Crippen LogP contribution in [0.2, 0.25) is 0 Å². The van der Waals surface area contributed by atoms with Gasteiger partial charge in [0.1, 0.15) is 0 Å². The first-order valence-electron chi connectivity index (χ1n) is 5.63.